The molecular weight excluding hydrogens is 248 g/mol. The van der Waals surface area contributed by atoms with Gasteiger partial charge in [-0.05, 0) is 39.5 Å². The predicted octanol–water partition coefficient (Wildman–Crippen LogP) is 4.60. The minimum atomic E-state index is 0.406. The van der Waals surface area contributed by atoms with E-state index < -0.39 is 0 Å². The highest BCUT2D eigenvalue weighted by molar-refractivity contribution is 5.01. The van der Waals surface area contributed by atoms with E-state index in [1.807, 2.05) is 50.3 Å². The molecule has 2 nitrogen and oxygen atoms in total. The summed E-state index contributed by atoms with van der Waals surface area (Å²) in [7, 11) is 0. The van der Waals surface area contributed by atoms with Crippen LogP contribution in [0, 0.1) is 0 Å². The van der Waals surface area contributed by atoms with Gasteiger partial charge in [0, 0.05) is 0 Å². The van der Waals surface area contributed by atoms with Crippen molar-refractivity contribution in [2.45, 2.75) is 51.7 Å². The largest absolute Gasteiger partial charge is 0.374 e. The zero-order chi connectivity index (χ0) is 14.5. The van der Waals surface area contributed by atoms with Gasteiger partial charge in [-0.1, -0.05) is 48.6 Å². The molecule has 0 spiro atoms. The van der Waals surface area contributed by atoms with Crippen molar-refractivity contribution >= 4 is 0 Å². The molecule has 1 aliphatic rings. The van der Waals surface area contributed by atoms with Crippen LogP contribution in [0.1, 0.15) is 39.5 Å². The highest BCUT2D eigenvalue weighted by Crippen LogP contribution is 2.23. The van der Waals surface area contributed by atoms with E-state index in [1.165, 1.54) is 0 Å². The third-order valence-corrected chi connectivity index (χ3v) is 3.36. The number of rotatable bonds is 8. The Labute approximate surface area is 123 Å². The van der Waals surface area contributed by atoms with Crippen molar-refractivity contribution in [1.29, 1.82) is 0 Å². The molecule has 0 atom stereocenters. The number of allylic oxidation sites excluding steroid dienone is 6. The third-order valence-electron chi connectivity index (χ3n) is 3.36. The molecule has 0 unspecified atom stereocenters. The molecule has 20 heavy (non-hydrogen) atoms. The van der Waals surface area contributed by atoms with Crippen molar-refractivity contribution in [2.24, 2.45) is 0 Å². The fourth-order valence-electron chi connectivity index (χ4n) is 2.24. The van der Waals surface area contributed by atoms with Gasteiger partial charge >= 0.3 is 0 Å². The first-order valence-corrected chi connectivity index (χ1v) is 7.65. The quantitative estimate of drug-likeness (QED) is 0.603. The van der Waals surface area contributed by atoms with Gasteiger partial charge in [0.05, 0.1) is 25.4 Å². The third kappa shape index (κ3) is 8.13. The van der Waals surface area contributed by atoms with Crippen LogP contribution in [0.4, 0.5) is 0 Å². The normalized spacial score (nSPS) is 24.7. The maximum atomic E-state index is 5.84. The first-order chi connectivity index (χ1) is 9.86. The summed E-state index contributed by atoms with van der Waals surface area (Å²) in [6.07, 6.45) is 21.5. The average molecular weight is 276 g/mol. The maximum Gasteiger partial charge on any atom is 0.0654 e. The molecule has 0 radical (unpaired) electrons. The number of hydrogen-bond donors (Lipinski definition) is 0. The average Bonchev–Trinajstić information content (AvgIpc) is 2.48. The van der Waals surface area contributed by atoms with E-state index in [-0.39, 0.29) is 0 Å². The van der Waals surface area contributed by atoms with Crippen LogP contribution in [-0.2, 0) is 9.47 Å². The van der Waals surface area contributed by atoms with Crippen LogP contribution in [0.3, 0.4) is 0 Å². The van der Waals surface area contributed by atoms with Gasteiger partial charge in [0.1, 0.15) is 0 Å². The standard InChI is InChI=1S/C18H28O2/c1-3-5-7-9-15-19-17-11-13-18(14-12-17)20-16-10-8-6-4-2/h3-10,17-18H,11-16H2,1-2H3. The topological polar surface area (TPSA) is 18.5 Å². The van der Waals surface area contributed by atoms with Gasteiger partial charge in [-0.3, -0.25) is 0 Å². The van der Waals surface area contributed by atoms with Crippen molar-refractivity contribution < 1.29 is 9.47 Å². The molecule has 0 amide bonds. The molecule has 1 aliphatic carbocycles. The number of hydrogen-bond acceptors (Lipinski definition) is 2. The molecule has 0 aromatic carbocycles. The monoisotopic (exact) mass is 276 g/mol. The molecular formula is C18H28O2. The molecule has 2 heteroatoms. The molecule has 0 heterocycles. The van der Waals surface area contributed by atoms with Crippen LogP contribution < -0.4 is 0 Å². The molecule has 0 bridgehead atoms. The minimum Gasteiger partial charge on any atom is -0.374 e. The lowest BCUT2D eigenvalue weighted by Crippen LogP contribution is -2.26. The Hall–Kier alpha value is -1.12. The minimum absolute atomic E-state index is 0.406. The summed E-state index contributed by atoms with van der Waals surface area (Å²) < 4.78 is 11.7. The molecule has 0 N–H and O–H groups in total. The second kappa shape index (κ2) is 11.7. The second-order valence-electron chi connectivity index (χ2n) is 4.97. The van der Waals surface area contributed by atoms with Crippen molar-refractivity contribution in [1.82, 2.24) is 0 Å². The van der Waals surface area contributed by atoms with Crippen molar-refractivity contribution in [3.05, 3.63) is 48.6 Å². The van der Waals surface area contributed by atoms with Crippen LogP contribution in [0.25, 0.3) is 0 Å². The molecule has 0 aliphatic heterocycles. The summed E-state index contributed by atoms with van der Waals surface area (Å²) in [5.41, 5.74) is 0. The van der Waals surface area contributed by atoms with E-state index >= 15 is 0 Å². The Kier molecular flexibility index (Phi) is 9.89. The molecule has 1 rings (SSSR count). The zero-order valence-electron chi connectivity index (χ0n) is 12.8. The van der Waals surface area contributed by atoms with Gasteiger partial charge in [-0.2, -0.15) is 0 Å². The molecule has 112 valence electrons. The maximum absolute atomic E-state index is 5.84. The molecule has 0 aromatic rings. The summed E-state index contributed by atoms with van der Waals surface area (Å²) in [5.74, 6) is 0. The van der Waals surface area contributed by atoms with E-state index in [9.17, 15) is 0 Å². The molecule has 1 saturated carbocycles. The summed E-state index contributed by atoms with van der Waals surface area (Å²) in [5, 5.41) is 0. The van der Waals surface area contributed by atoms with Gasteiger partial charge in [0.2, 0.25) is 0 Å². The van der Waals surface area contributed by atoms with Crippen LogP contribution >= 0.6 is 0 Å². The van der Waals surface area contributed by atoms with Crippen molar-refractivity contribution in [3.8, 4) is 0 Å². The molecule has 0 saturated heterocycles. The second-order valence-corrected chi connectivity index (χ2v) is 4.97. The van der Waals surface area contributed by atoms with Crippen LogP contribution in [0.15, 0.2) is 48.6 Å². The summed E-state index contributed by atoms with van der Waals surface area (Å²) >= 11 is 0. The summed E-state index contributed by atoms with van der Waals surface area (Å²) in [4.78, 5) is 0. The van der Waals surface area contributed by atoms with Gasteiger partial charge in [-0.15, -0.1) is 0 Å². The van der Waals surface area contributed by atoms with Crippen LogP contribution in [-0.4, -0.2) is 25.4 Å². The summed E-state index contributed by atoms with van der Waals surface area (Å²) in [6, 6.07) is 0. The lowest BCUT2D eigenvalue weighted by molar-refractivity contribution is -0.0163. The van der Waals surface area contributed by atoms with Gasteiger partial charge in [0.15, 0.2) is 0 Å². The zero-order valence-corrected chi connectivity index (χ0v) is 12.8. The Morgan fingerprint density at radius 3 is 1.45 bits per heavy atom. The van der Waals surface area contributed by atoms with Gasteiger partial charge in [-0.25, -0.2) is 0 Å². The first-order valence-electron chi connectivity index (χ1n) is 7.65. The van der Waals surface area contributed by atoms with E-state index in [0.717, 1.165) is 25.7 Å². The number of ether oxygens (including phenoxy) is 2. The first kappa shape index (κ1) is 16.9. The highest BCUT2D eigenvalue weighted by atomic mass is 16.5. The van der Waals surface area contributed by atoms with Gasteiger partial charge < -0.3 is 9.47 Å². The van der Waals surface area contributed by atoms with E-state index in [0.29, 0.717) is 25.4 Å². The van der Waals surface area contributed by atoms with Crippen molar-refractivity contribution in [3.63, 3.8) is 0 Å². The van der Waals surface area contributed by atoms with E-state index in [4.69, 9.17) is 9.47 Å². The summed E-state index contributed by atoms with van der Waals surface area (Å²) in [6.45, 7) is 5.46. The molecule has 0 aromatic heterocycles. The van der Waals surface area contributed by atoms with Gasteiger partial charge in [0.25, 0.3) is 0 Å². The predicted molar refractivity (Wildman–Crippen MR) is 85.9 cm³/mol. The fraction of sp³-hybridized carbons (Fsp3) is 0.556. The van der Waals surface area contributed by atoms with E-state index in [2.05, 4.69) is 12.2 Å². The fourth-order valence-corrected chi connectivity index (χ4v) is 2.24. The van der Waals surface area contributed by atoms with Crippen LogP contribution in [0.5, 0.6) is 0 Å². The SMILES string of the molecule is CC=CC=CCOC1CCC(OCC=CC=CC)CC1. The Balaban J connectivity index is 2.07. The van der Waals surface area contributed by atoms with E-state index in [1.54, 1.807) is 0 Å². The smallest absolute Gasteiger partial charge is 0.0654 e. The van der Waals surface area contributed by atoms with Crippen LogP contribution in [0.2, 0.25) is 0 Å². The lowest BCUT2D eigenvalue weighted by Gasteiger charge is -2.28. The highest BCUT2D eigenvalue weighted by Gasteiger charge is 2.21. The Morgan fingerprint density at radius 2 is 1.10 bits per heavy atom. The van der Waals surface area contributed by atoms with Crippen molar-refractivity contribution in [2.75, 3.05) is 13.2 Å². The molecule has 1 fully saturated rings. The Bertz CT molecular complexity index is 297. The lowest BCUT2D eigenvalue weighted by atomic mass is 9.95. The Morgan fingerprint density at radius 1 is 0.700 bits per heavy atom.